The van der Waals surface area contributed by atoms with Crippen LogP contribution in [0, 0.1) is 24.5 Å². The molecule has 1 atom stereocenters. The number of hydrogen-bond donors (Lipinski definition) is 2. The molecular weight excluding hydrogens is 366 g/mol. The number of fused-ring (bicyclic) bond motifs is 1. The molecule has 6 nitrogen and oxygen atoms in total. The van der Waals surface area contributed by atoms with Crippen molar-refractivity contribution in [2.75, 3.05) is 29.9 Å². The van der Waals surface area contributed by atoms with Crippen LogP contribution < -0.4 is 15.5 Å². The highest BCUT2D eigenvalue weighted by Gasteiger charge is 2.23. The van der Waals surface area contributed by atoms with Crippen molar-refractivity contribution in [3.8, 4) is 0 Å². The molecule has 2 N–H and O–H groups in total. The molecule has 0 radical (unpaired) electrons. The number of nitrogens with zero attached hydrogens (tertiary/aromatic N) is 2. The second kappa shape index (κ2) is 7.46. The Hall–Kier alpha value is -3.16. The van der Waals surface area contributed by atoms with Gasteiger partial charge >= 0.3 is 6.03 Å². The van der Waals surface area contributed by atoms with Gasteiger partial charge in [0.15, 0.2) is 23.1 Å². The van der Waals surface area contributed by atoms with Crippen molar-refractivity contribution in [2.24, 2.45) is 5.92 Å². The summed E-state index contributed by atoms with van der Waals surface area (Å²) >= 11 is 0. The Bertz CT molecular complexity index is 1020. The topological polar surface area (TPSA) is 70.4 Å². The predicted molar refractivity (Wildman–Crippen MR) is 102 cm³/mol. The summed E-state index contributed by atoms with van der Waals surface area (Å²) in [5.41, 5.74) is 2.64. The molecule has 2 aromatic carbocycles. The fourth-order valence-corrected chi connectivity index (χ4v) is 3.45. The van der Waals surface area contributed by atoms with E-state index in [1.807, 2.05) is 4.90 Å². The molecule has 0 spiro atoms. The van der Waals surface area contributed by atoms with Crippen molar-refractivity contribution in [1.82, 2.24) is 10.3 Å². The van der Waals surface area contributed by atoms with E-state index in [1.54, 1.807) is 31.2 Å². The molecule has 1 unspecified atom stereocenters. The lowest BCUT2D eigenvalue weighted by atomic mass is 10.1. The van der Waals surface area contributed by atoms with Gasteiger partial charge < -0.3 is 20.0 Å². The second-order valence-corrected chi connectivity index (χ2v) is 6.95. The van der Waals surface area contributed by atoms with Gasteiger partial charge in [0.1, 0.15) is 5.52 Å². The maximum Gasteiger partial charge on any atom is 0.319 e. The van der Waals surface area contributed by atoms with Gasteiger partial charge in [-0.3, -0.25) is 0 Å². The number of rotatable bonds is 4. The highest BCUT2D eigenvalue weighted by Crippen LogP contribution is 2.25. The summed E-state index contributed by atoms with van der Waals surface area (Å²) in [6.45, 7) is 3.68. The van der Waals surface area contributed by atoms with Crippen molar-refractivity contribution < 1.29 is 18.0 Å². The molecule has 1 aliphatic heterocycles. The van der Waals surface area contributed by atoms with E-state index in [2.05, 4.69) is 15.6 Å². The molecule has 0 aliphatic carbocycles. The molecule has 1 fully saturated rings. The quantitative estimate of drug-likeness (QED) is 0.709. The molecule has 1 saturated heterocycles. The number of carbonyl (C=O) groups excluding carboxylic acids is 1. The first-order valence-electron chi connectivity index (χ1n) is 9.10. The second-order valence-electron chi connectivity index (χ2n) is 6.95. The van der Waals surface area contributed by atoms with Crippen LogP contribution in [0.1, 0.15) is 12.3 Å². The van der Waals surface area contributed by atoms with Crippen LogP contribution in [0.15, 0.2) is 40.8 Å². The number of amides is 2. The monoisotopic (exact) mass is 386 g/mol. The van der Waals surface area contributed by atoms with Gasteiger partial charge in [0.2, 0.25) is 0 Å². The first-order valence-corrected chi connectivity index (χ1v) is 9.10. The first-order chi connectivity index (χ1) is 13.5. The average Bonchev–Trinajstić information content (AvgIpc) is 3.27. The summed E-state index contributed by atoms with van der Waals surface area (Å²) in [6.07, 6.45) is 0.864. The lowest BCUT2D eigenvalue weighted by Gasteiger charge is -2.19. The normalized spacial score (nSPS) is 16.5. The van der Waals surface area contributed by atoms with Crippen LogP contribution in [-0.4, -0.2) is 30.6 Å². The maximum atomic E-state index is 13.4. The third-order valence-electron chi connectivity index (χ3n) is 4.86. The number of oxazole rings is 1. The van der Waals surface area contributed by atoms with Gasteiger partial charge in [0.25, 0.3) is 0 Å². The Morgan fingerprint density at radius 2 is 2.11 bits per heavy atom. The van der Waals surface area contributed by atoms with Crippen molar-refractivity contribution in [1.29, 1.82) is 0 Å². The SMILES string of the molecule is Cc1nc2ccc(NC(=O)NCC3CCN(c4ccc(F)c(F)c4)C3)cc2o1. The Morgan fingerprint density at radius 3 is 2.93 bits per heavy atom. The van der Waals surface area contributed by atoms with E-state index in [0.717, 1.165) is 24.5 Å². The standard InChI is InChI=1S/C20H20F2N4O2/c1-12-24-18-5-2-14(8-19(18)28-12)25-20(27)23-10-13-6-7-26(11-13)15-3-4-16(21)17(22)9-15/h2-5,8-9,13H,6-7,10-11H2,1H3,(H2,23,25,27). The lowest BCUT2D eigenvalue weighted by molar-refractivity contribution is 0.250. The zero-order valence-corrected chi connectivity index (χ0v) is 15.3. The molecule has 0 bridgehead atoms. The molecule has 1 aliphatic rings. The molecule has 4 rings (SSSR count). The van der Waals surface area contributed by atoms with E-state index in [9.17, 15) is 13.6 Å². The fraction of sp³-hybridized carbons (Fsp3) is 0.300. The molecule has 28 heavy (non-hydrogen) atoms. The van der Waals surface area contributed by atoms with Crippen LogP contribution in [0.2, 0.25) is 0 Å². The van der Waals surface area contributed by atoms with E-state index in [0.29, 0.717) is 35.9 Å². The molecule has 2 amide bonds. The van der Waals surface area contributed by atoms with Gasteiger partial charge in [-0.2, -0.15) is 0 Å². The number of aromatic nitrogens is 1. The Morgan fingerprint density at radius 1 is 1.25 bits per heavy atom. The number of halogens is 2. The summed E-state index contributed by atoms with van der Waals surface area (Å²) in [6, 6.07) is 8.90. The van der Waals surface area contributed by atoms with Crippen molar-refractivity contribution in [3.05, 3.63) is 53.9 Å². The first kappa shape index (κ1) is 18.2. The number of benzene rings is 2. The number of urea groups is 1. The molecule has 1 aromatic heterocycles. The van der Waals surface area contributed by atoms with Crippen molar-refractivity contribution in [2.45, 2.75) is 13.3 Å². The lowest BCUT2D eigenvalue weighted by Crippen LogP contribution is -2.34. The predicted octanol–water partition coefficient (Wildman–Crippen LogP) is 4.06. The van der Waals surface area contributed by atoms with Gasteiger partial charge in [0.05, 0.1) is 0 Å². The summed E-state index contributed by atoms with van der Waals surface area (Å²) in [5, 5.41) is 5.64. The third kappa shape index (κ3) is 3.90. The highest BCUT2D eigenvalue weighted by molar-refractivity contribution is 5.91. The fourth-order valence-electron chi connectivity index (χ4n) is 3.45. The number of hydrogen-bond acceptors (Lipinski definition) is 4. The average molecular weight is 386 g/mol. The van der Waals surface area contributed by atoms with Crippen LogP contribution in [0.25, 0.3) is 11.1 Å². The largest absolute Gasteiger partial charge is 0.441 e. The van der Waals surface area contributed by atoms with Crippen LogP contribution in [0.5, 0.6) is 0 Å². The minimum atomic E-state index is -0.850. The maximum absolute atomic E-state index is 13.4. The Balaban J connectivity index is 1.29. The highest BCUT2D eigenvalue weighted by atomic mass is 19.2. The molecule has 3 aromatic rings. The van der Waals surface area contributed by atoms with Crippen LogP contribution in [0.3, 0.4) is 0 Å². The van der Waals surface area contributed by atoms with E-state index >= 15 is 0 Å². The molecule has 2 heterocycles. The number of aryl methyl sites for hydroxylation is 1. The van der Waals surface area contributed by atoms with Crippen LogP contribution in [0.4, 0.5) is 25.0 Å². The summed E-state index contributed by atoms with van der Waals surface area (Å²) in [5.74, 6) is -0.893. The third-order valence-corrected chi connectivity index (χ3v) is 4.86. The van der Waals surface area contributed by atoms with Gasteiger partial charge in [-0.15, -0.1) is 0 Å². The number of anilines is 2. The van der Waals surface area contributed by atoms with Crippen LogP contribution >= 0.6 is 0 Å². The van der Waals surface area contributed by atoms with Gasteiger partial charge in [-0.1, -0.05) is 0 Å². The number of carbonyl (C=O) groups is 1. The van der Waals surface area contributed by atoms with E-state index in [-0.39, 0.29) is 11.9 Å². The van der Waals surface area contributed by atoms with E-state index in [1.165, 1.54) is 6.07 Å². The van der Waals surface area contributed by atoms with Crippen molar-refractivity contribution in [3.63, 3.8) is 0 Å². The Labute approximate surface area is 160 Å². The smallest absolute Gasteiger partial charge is 0.319 e. The van der Waals surface area contributed by atoms with E-state index in [4.69, 9.17) is 4.42 Å². The summed E-state index contributed by atoms with van der Waals surface area (Å²) in [4.78, 5) is 18.4. The zero-order chi connectivity index (χ0) is 19.7. The van der Waals surface area contributed by atoms with Crippen LogP contribution in [-0.2, 0) is 0 Å². The van der Waals surface area contributed by atoms with E-state index < -0.39 is 11.6 Å². The molecule has 146 valence electrons. The van der Waals surface area contributed by atoms with Crippen molar-refractivity contribution >= 4 is 28.5 Å². The molecule has 8 heteroatoms. The summed E-state index contributed by atoms with van der Waals surface area (Å²) < 4.78 is 32.0. The minimum absolute atomic E-state index is 0.235. The molecular formula is C20H20F2N4O2. The minimum Gasteiger partial charge on any atom is -0.441 e. The van der Waals surface area contributed by atoms with Gasteiger partial charge in [0, 0.05) is 50.1 Å². The summed E-state index contributed by atoms with van der Waals surface area (Å²) in [7, 11) is 0. The zero-order valence-electron chi connectivity index (χ0n) is 15.3. The molecule has 0 saturated carbocycles. The van der Waals surface area contributed by atoms with Gasteiger partial charge in [-0.25, -0.2) is 18.6 Å². The number of nitrogens with one attached hydrogen (secondary N) is 2. The Kier molecular flexibility index (Phi) is 4.85. The van der Waals surface area contributed by atoms with Gasteiger partial charge in [-0.05, 0) is 36.6 Å².